The zero-order valence-corrected chi connectivity index (χ0v) is 15.6. The van der Waals surface area contributed by atoms with Gasteiger partial charge in [-0.3, -0.25) is 4.79 Å². The molecule has 0 aliphatic rings. The van der Waals surface area contributed by atoms with E-state index in [-0.39, 0.29) is 23.5 Å². The van der Waals surface area contributed by atoms with E-state index in [9.17, 15) is 10.1 Å². The van der Waals surface area contributed by atoms with E-state index < -0.39 is 0 Å². The fourth-order valence-corrected chi connectivity index (χ4v) is 2.61. The van der Waals surface area contributed by atoms with E-state index in [2.05, 4.69) is 26.7 Å². The molecule has 0 atom stereocenters. The number of aromatic nitrogens is 2. The molecule has 142 valence electrons. The van der Waals surface area contributed by atoms with Crippen LogP contribution in [0.15, 0.2) is 47.1 Å². The molecule has 0 bridgehead atoms. The van der Waals surface area contributed by atoms with Gasteiger partial charge in [0.2, 0.25) is 5.95 Å². The zero-order valence-electron chi connectivity index (χ0n) is 15.6. The summed E-state index contributed by atoms with van der Waals surface area (Å²) in [6.07, 6.45) is 1.50. The van der Waals surface area contributed by atoms with Crippen molar-refractivity contribution in [2.75, 3.05) is 11.1 Å². The number of nitrogens with one attached hydrogen (secondary N) is 2. The Labute approximate surface area is 162 Å². The minimum Gasteiger partial charge on any atom is -0.463 e. The summed E-state index contributed by atoms with van der Waals surface area (Å²) in [6, 6.07) is 12.8. The summed E-state index contributed by atoms with van der Waals surface area (Å²) >= 11 is 0. The van der Waals surface area contributed by atoms with Gasteiger partial charge in [0.1, 0.15) is 17.3 Å². The first-order valence-electron chi connectivity index (χ1n) is 8.73. The largest absolute Gasteiger partial charge is 0.463 e. The molecule has 0 aliphatic carbocycles. The monoisotopic (exact) mass is 376 g/mol. The fraction of sp³-hybridized carbons (Fsp3) is 0.200. The standard InChI is InChI=1S/C20H20N6O2/c1-12(2)24-19(27)14-7-5-13(6-8-14)11-23-18-15(10-21)17(25-20(22)26-18)16-4-3-9-28-16/h3-9,12H,11H2,1-2H3,(H,24,27)(H3,22,23,25,26). The molecule has 4 N–H and O–H groups in total. The van der Waals surface area contributed by atoms with Crippen molar-refractivity contribution in [3.63, 3.8) is 0 Å². The number of benzene rings is 1. The SMILES string of the molecule is CC(C)NC(=O)c1ccc(CNc2nc(N)nc(-c3ccco3)c2C#N)cc1. The molecule has 3 rings (SSSR count). The van der Waals surface area contributed by atoms with Gasteiger partial charge in [0.15, 0.2) is 11.6 Å². The Balaban J connectivity index is 1.78. The van der Waals surface area contributed by atoms with Crippen LogP contribution < -0.4 is 16.4 Å². The van der Waals surface area contributed by atoms with Crippen molar-refractivity contribution in [2.45, 2.75) is 26.4 Å². The topological polar surface area (TPSA) is 130 Å². The molecule has 0 fully saturated rings. The van der Waals surface area contributed by atoms with Gasteiger partial charge in [0.25, 0.3) is 5.91 Å². The van der Waals surface area contributed by atoms with Crippen LogP contribution in [0.2, 0.25) is 0 Å². The Hall–Kier alpha value is -3.86. The third-order valence-electron chi connectivity index (χ3n) is 3.89. The normalized spacial score (nSPS) is 10.5. The first-order chi connectivity index (χ1) is 13.5. The summed E-state index contributed by atoms with van der Waals surface area (Å²) < 4.78 is 5.34. The van der Waals surface area contributed by atoms with Gasteiger partial charge < -0.3 is 20.8 Å². The lowest BCUT2D eigenvalue weighted by Gasteiger charge is -2.11. The molecular formula is C20H20N6O2. The number of nitrogens with zero attached hydrogens (tertiary/aromatic N) is 3. The van der Waals surface area contributed by atoms with Crippen molar-refractivity contribution in [1.82, 2.24) is 15.3 Å². The molecule has 1 amide bonds. The number of carbonyl (C=O) groups is 1. The van der Waals surface area contributed by atoms with Crippen LogP contribution >= 0.6 is 0 Å². The summed E-state index contributed by atoms with van der Waals surface area (Å²) in [7, 11) is 0. The highest BCUT2D eigenvalue weighted by Gasteiger charge is 2.17. The summed E-state index contributed by atoms with van der Waals surface area (Å²) in [4.78, 5) is 20.3. The van der Waals surface area contributed by atoms with Crippen molar-refractivity contribution in [2.24, 2.45) is 0 Å². The fourth-order valence-electron chi connectivity index (χ4n) is 2.61. The number of furan rings is 1. The molecule has 1 aromatic carbocycles. The molecule has 3 aromatic rings. The maximum Gasteiger partial charge on any atom is 0.251 e. The highest BCUT2D eigenvalue weighted by Crippen LogP contribution is 2.27. The Kier molecular flexibility index (Phi) is 5.56. The molecule has 2 heterocycles. The van der Waals surface area contributed by atoms with E-state index in [1.807, 2.05) is 26.0 Å². The molecule has 0 unspecified atom stereocenters. The van der Waals surface area contributed by atoms with Crippen molar-refractivity contribution < 1.29 is 9.21 Å². The van der Waals surface area contributed by atoms with E-state index in [1.54, 1.807) is 24.3 Å². The van der Waals surface area contributed by atoms with Crippen LogP contribution in [0.1, 0.15) is 35.3 Å². The Bertz CT molecular complexity index is 1000. The second kappa shape index (κ2) is 8.22. The van der Waals surface area contributed by atoms with Crippen molar-refractivity contribution in [3.05, 3.63) is 59.4 Å². The van der Waals surface area contributed by atoms with Crippen LogP contribution in [0.25, 0.3) is 11.5 Å². The number of nitrogen functional groups attached to an aromatic ring is 1. The quantitative estimate of drug-likeness (QED) is 0.603. The number of hydrogen-bond donors (Lipinski definition) is 3. The van der Waals surface area contributed by atoms with Gasteiger partial charge in [0, 0.05) is 18.2 Å². The zero-order chi connectivity index (χ0) is 20.1. The van der Waals surface area contributed by atoms with Gasteiger partial charge in [-0.15, -0.1) is 0 Å². The Morgan fingerprint density at radius 1 is 1.25 bits per heavy atom. The van der Waals surface area contributed by atoms with Crippen LogP contribution in [-0.4, -0.2) is 21.9 Å². The lowest BCUT2D eigenvalue weighted by atomic mass is 10.1. The van der Waals surface area contributed by atoms with Gasteiger partial charge in [-0.05, 0) is 43.7 Å². The Morgan fingerprint density at radius 2 is 2.00 bits per heavy atom. The second-order valence-corrected chi connectivity index (χ2v) is 6.42. The number of anilines is 2. The third-order valence-corrected chi connectivity index (χ3v) is 3.89. The molecule has 2 aromatic heterocycles. The first-order valence-corrected chi connectivity index (χ1v) is 8.73. The van der Waals surface area contributed by atoms with Crippen LogP contribution in [0.4, 0.5) is 11.8 Å². The van der Waals surface area contributed by atoms with Gasteiger partial charge in [-0.1, -0.05) is 12.1 Å². The summed E-state index contributed by atoms with van der Waals surface area (Å²) in [5.74, 6) is 0.679. The predicted octanol–water partition coefficient (Wildman–Crippen LogP) is 2.94. The molecule has 0 saturated carbocycles. The van der Waals surface area contributed by atoms with Crippen LogP contribution in [-0.2, 0) is 6.54 Å². The summed E-state index contributed by atoms with van der Waals surface area (Å²) in [5, 5.41) is 15.5. The van der Waals surface area contributed by atoms with E-state index in [0.717, 1.165) is 5.56 Å². The molecule has 8 heteroatoms. The van der Waals surface area contributed by atoms with E-state index >= 15 is 0 Å². The predicted molar refractivity (Wildman–Crippen MR) is 105 cm³/mol. The third kappa shape index (κ3) is 4.27. The lowest BCUT2D eigenvalue weighted by molar-refractivity contribution is 0.0943. The molecule has 0 radical (unpaired) electrons. The maximum atomic E-state index is 12.0. The van der Waals surface area contributed by atoms with Gasteiger partial charge in [-0.25, -0.2) is 4.98 Å². The average Bonchev–Trinajstić information content (AvgIpc) is 3.20. The van der Waals surface area contributed by atoms with E-state index in [0.29, 0.717) is 29.4 Å². The lowest BCUT2D eigenvalue weighted by Crippen LogP contribution is -2.30. The van der Waals surface area contributed by atoms with Crippen molar-refractivity contribution in [3.8, 4) is 17.5 Å². The smallest absolute Gasteiger partial charge is 0.251 e. The van der Waals surface area contributed by atoms with Crippen LogP contribution in [0.5, 0.6) is 0 Å². The number of amides is 1. The van der Waals surface area contributed by atoms with Crippen LogP contribution in [0, 0.1) is 11.3 Å². The highest BCUT2D eigenvalue weighted by molar-refractivity contribution is 5.94. The van der Waals surface area contributed by atoms with Crippen LogP contribution in [0.3, 0.4) is 0 Å². The van der Waals surface area contributed by atoms with Gasteiger partial charge in [0.05, 0.1) is 6.26 Å². The number of carbonyl (C=O) groups excluding carboxylic acids is 1. The Morgan fingerprint density at radius 3 is 2.61 bits per heavy atom. The van der Waals surface area contributed by atoms with Gasteiger partial charge >= 0.3 is 0 Å². The molecule has 8 nitrogen and oxygen atoms in total. The molecule has 28 heavy (non-hydrogen) atoms. The number of nitriles is 1. The molecular weight excluding hydrogens is 356 g/mol. The highest BCUT2D eigenvalue weighted by atomic mass is 16.3. The van der Waals surface area contributed by atoms with E-state index in [1.165, 1.54) is 6.26 Å². The number of nitrogens with two attached hydrogens (primary N) is 1. The molecule has 0 spiro atoms. The number of rotatable bonds is 6. The van der Waals surface area contributed by atoms with Gasteiger partial charge in [-0.2, -0.15) is 10.2 Å². The van der Waals surface area contributed by atoms with E-state index in [4.69, 9.17) is 10.2 Å². The molecule has 0 aliphatic heterocycles. The maximum absolute atomic E-state index is 12.0. The first kappa shape index (κ1) is 18.9. The minimum atomic E-state index is -0.118. The second-order valence-electron chi connectivity index (χ2n) is 6.42. The summed E-state index contributed by atoms with van der Waals surface area (Å²) in [6.45, 7) is 4.22. The average molecular weight is 376 g/mol. The molecule has 0 saturated heterocycles. The van der Waals surface area contributed by atoms with Crippen molar-refractivity contribution >= 4 is 17.7 Å². The van der Waals surface area contributed by atoms with Crippen molar-refractivity contribution in [1.29, 1.82) is 5.26 Å². The summed E-state index contributed by atoms with van der Waals surface area (Å²) in [5.41, 5.74) is 7.88. The minimum absolute atomic E-state index is 0.0357. The number of hydrogen-bond acceptors (Lipinski definition) is 7.